The molecule has 2 aliphatic rings. The van der Waals surface area contributed by atoms with Crippen molar-refractivity contribution in [2.75, 3.05) is 6.61 Å². The van der Waals surface area contributed by atoms with Crippen molar-refractivity contribution >= 4 is 10.0 Å². The van der Waals surface area contributed by atoms with Crippen molar-refractivity contribution in [3.05, 3.63) is 114 Å². The summed E-state index contributed by atoms with van der Waals surface area (Å²) in [5, 5.41) is 43.2. The molecule has 4 atom stereocenters. The molecule has 0 N–H and O–H groups in total. The number of rotatable bonds is 6. The molecule has 42 heavy (non-hydrogen) atoms. The van der Waals surface area contributed by atoms with E-state index in [1.807, 2.05) is 30.3 Å². The van der Waals surface area contributed by atoms with E-state index in [-0.39, 0.29) is 23.6 Å². The van der Waals surface area contributed by atoms with Gasteiger partial charge in [0.05, 0.1) is 29.2 Å². The Morgan fingerprint density at radius 3 is 1.79 bits per heavy atom. The third kappa shape index (κ3) is 4.15. The van der Waals surface area contributed by atoms with Gasteiger partial charge >= 0.3 is 0 Å². The van der Waals surface area contributed by atoms with E-state index in [9.17, 15) is 29.5 Å². The quantitative estimate of drug-likeness (QED) is 0.374. The van der Waals surface area contributed by atoms with Crippen LogP contribution in [-0.4, -0.2) is 25.6 Å². The lowest BCUT2D eigenvalue weighted by Gasteiger charge is -2.55. The fourth-order valence-corrected chi connectivity index (χ4v) is 8.13. The van der Waals surface area contributed by atoms with Gasteiger partial charge in [-0.2, -0.15) is 21.0 Å². The van der Waals surface area contributed by atoms with E-state index in [4.69, 9.17) is 4.74 Å². The van der Waals surface area contributed by atoms with Gasteiger partial charge < -0.3 is 4.74 Å². The van der Waals surface area contributed by atoms with Gasteiger partial charge in [-0.15, -0.1) is 0 Å². The molecule has 0 unspecified atom stereocenters. The molecule has 0 radical (unpaired) electrons. The van der Waals surface area contributed by atoms with E-state index in [0.29, 0.717) is 5.56 Å². The molecule has 0 amide bonds. The van der Waals surface area contributed by atoms with E-state index < -0.39 is 44.8 Å². The molecule has 3 aromatic carbocycles. The average molecular weight is 574 g/mol. The molecule has 1 fully saturated rings. The molecule has 9 heteroatoms. The lowest BCUT2D eigenvalue weighted by Crippen LogP contribution is -2.59. The third-order valence-corrected chi connectivity index (χ3v) is 10.2. The lowest BCUT2D eigenvalue weighted by atomic mass is 9.47. The summed E-state index contributed by atoms with van der Waals surface area (Å²) in [6, 6.07) is 34.1. The van der Waals surface area contributed by atoms with Gasteiger partial charge in [-0.3, -0.25) is 0 Å². The number of allylic oxidation sites excluding steroid dienone is 2. The smallest absolute Gasteiger partial charge is 0.266 e. The molecule has 8 nitrogen and oxygen atoms in total. The minimum atomic E-state index is -4.28. The van der Waals surface area contributed by atoms with Gasteiger partial charge in [0.1, 0.15) is 6.23 Å². The van der Waals surface area contributed by atoms with Crippen LogP contribution in [0.5, 0.6) is 0 Å². The molecule has 1 saturated heterocycles. The summed E-state index contributed by atoms with van der Waals surface area (Å²) in [6.45, 7) is 1.97. The zero-order valence-electron chi connectivity index (χ0n) is 22.8. The highest BCUT2D eigenvalue weighted by Crippen LogP contribution is 2.64. The Balaban J connectivity index is 1.91. The highest BCUT2D eigenvalue weighted by atomic mass is 32.2. The normalized spacial score (nSPS) is 24.0. The van der Waals surface area contributed by atoms with Crippen molar-refractivity contribution in [1.29, 1.82) is 21.0 Å². The monoisotopic (exact) mass is 573 g/mol. The van der Waals surface area contributed by atoms with Crippen molar-refractivity contribution < 1.29 is 13.2 Å². The fourth-order valence-electron chi connectivity index (χ4n) is 6.49. The summed E-state index contributed by atoms with van der Waals surface area (Å²) in [4.78, 5) is 0.0145. The van der Waals surface area contributed by atoms with Crippen molar-refractivity contribution in [3.8, 4) is 24.3 Å². The Labute approximate surface area is 246 Å². The highest BCUT2D eigenvalue weighted by molar-refractivity contribution is 7.89. The maximum Gasteiger partial charge on any atom is 0.266 e. The zero-order chi connectivity index (χ0) is 30.0. The van der Waals surface area contributed by atoms with Crippen LogP contribution < -0.4 is 0 Å². The van der Waals surface area contributed by atoms with Crippen LogP contribution in [0.15, 0.2) is 108 Å². The zero-order valence-corrected chi connectivity index (χ0v) is 23.6. The number of nitrogens with zero attached hydrogens (tertiary/aromatic N) is 5. The molecule has 208 valence electrons. The molecule has 0 bridgehead atoms. The molecule has 0 saturated carbocycles. The van der Waals surface area contributed by atoms with Gasteiger partial charge in [-0.1, -0.05) is 84.9 Å². The maximum absolute atomic E-state index is 14.4. The first-order valence-electron chi connectivity index (χ1n) is 13.5. The minimum Gasteiger partial charge on any atom is -0.358 e. The predicted molar refractivity (Wildman–Crippen MR) is 153 cm³/mol. The molecule has 1 heterocycles. The van der Waals surface area contributed by atoms with Crippen molar-refractivity contribution in [2.45, 2.75) is 36.3 Å². The largest absolute Gasteiger partial charge is 0.358 e. The summed E-state index contributed by atoms with van der Waals surface area (Å²) in [7, 11) is -4.28. The summed E-state index contributed by atoms with van der Waals surface area (Å²) >= 11 is 0. The first-order chi connectivity index (χ1) is 20.3. The second-order valence-corrected chi connectivity index (χ2v) is 12.1. The second kappa shape index (κ2) is 11.2. The molecular weight excluding hydrogens is 546 g/mol. The number of hydrogen-bond acceptors (Lipinski definition) is 7. The van der Waals surface area contributed by atoms with Crippen molar-refractivity contribution in [1.82, 2.24) is 4.31 Å². The van der Waals surface area contributed by atoms with E-state index in [2.05, 4.69) is 24.3 Å². The Kier molecular flexibility index (Phi) is 7.59. The van der Waals surface area contributed by atoms with Gasteiger partial charge in [0.25, 0.3) is 10.0 Å². The second-order valence-electron chi connectivity index (χ2n) is 10.3. The van der Waals surface area contributed by atoms with E-state index >= 15 is 0 Å². The van der Waals surface area contributed by atoms with Crippen LogP contribution in [0, 0.1) is 62.1 Å². The Hall–Kier alpha value is -4.93. The van der Waals surface area contributed by atoms with E-state index in [1.165, 1.54) is 16.4 Å². The van der Waals surface area contributed by atoms with Crippen molar-refractivity contribution in [2.24, 2.45) is 16.7 Å². The SMILES string of the molecule is CCO[C@@H]1C[C@H](c2ccccc2)[C@@H]2C(=C[C@H](c3ccccc3)C(C#N)(C#N)C2(C#N)C#N)N1S(=O)(=O)c1ccccc1. The first kappa shape index (κ1) is 28.6. The number of nitriles is 4. The molecule has 3 aromatic rings. The molecule has 0 spiro atoms. The number of fused-ring (bicyclic) bond motifs is 1. The third-order valence-electron chi connectivity index (χ3n) is 8.34. The van der Waals surface area contributed by atoms with Crippen LogP contribution in [-0.2, 0) is 14.8 Å². The number of benzene rings is 3. The lowest BCUT2D eigenvalue weighted by molar-refractivity contribution is -0.0508. The highest BCUT2D eigenvalue weighted by Gasteiger charge is 2.70. The summed E-state index contributed by atoms with van der Waals surface area (Å²) in [6.07, 6.45) is 0.720. The van der Waals surface area contributed by atoms with Crippen LogP contribution in [0.2, 0.25) is 0 Å². The van der Waals surface area contributed by atoms with Gasteiger partial charge in [-0.05, 0) is 36.1 Å². The molecular formula is C33H27N5O3S. The Bertz CT molecular complexity index is 1740. The average Bonchev–Trinajstić information content (AvgIpc) is 3.04. The maximum atomic E-state index is 14.4. The first-order valence-corrected chi connectivity index (χ1v) is 15.0. The van der Waals surface area contributed by atoms with Crippen LogP contribution in [0.1, 0.15) is 36.3 Å². The number of ether oxygens (including phenoxy) is 1. The minimum absolute atomic E-state index is 0.0145. The molecule has 0 aromatic heterocycles. The van der Waals surface area contributed by atoms with E-state index in [0.717, 1.165) is 5.56 Å². The molecule has 1 aliphatic heterocycles. The standard InChI is InChI=1S/C33H27N5O3S/c1-2-41-30-18-27(24-12-6-3-7-13-24)31-29(38(30)42(39,40)26-16-10-5-11-17-26)19-28(25-14-8-4-9-15-25)32(20-34,21-35)33(31,22-36)23-37/h3-17,19,27-28,30-31H,2,18H2,1H3/t27-,28-,30-,31-/m1/s1. The molecule has 1 aliphatic carbocycles. The van der Waals surface area contributed by atoms with Gasteiger partial charge in [-0.25, -0.2) is 12.7 Å². The summed E-state index contributed by atoms with van der Waals surface area (Å²) < 4.78 is 36.1. The summed E-state index contributed by atoms with van der Waals surface area (Å²) in [5.74, 6) is -2.86. The fraction of sp³-hybridized carbons (Fsp3) is 0.273. The van der Waals surface area contributed by atoms with E-state index in [1.54, 1.807) is 61.5 Å². The Morgan fingerprint density at radius 1 is 0.786 bits per heavy atom. The van der Waals surface area contributed by atoms with Gasteiger partial charge in [0, 0.05) is 30.6 Å². The Morgan fingerprint density at radius 2 is 1.29 bits per heavy atom. The predicted octanol–water partition coefficient (Wildman–Crippen LogP) is 5.59. The van der Waals surface area contributed by atoms with Gasteiger partial charge in [0.15, 0.2) is 10.8 Å². The van der Waals surface area contributed by atoms with Crippen molar-refractivity contribution in [3.63, 3.8) is 0 Å². The van der Waals surface area contributed by atoms with Crippen LogP contribution in [0.3, 0.4) is 0 Å². The summed E-state index contributed by atoms with van der Waals surface area (Å²) in [5.41, 5.74) is -2.99. The van der Waals surface area contributed by atoms with Gasteiger partial charge in [0.2, 0.25) is 0 Å². The van der Waals surface area contributed by atoms with Crippen LogP contribution in [0.25, 0.3) is 0 Å². The van der Waals surface area contributed by atoms with Crippen LogP contribution >= 0.6 is 0 Å². The number of sulfonamides is 1. The van der Waals surface area contributed by atoms with Crippen LogP contribution in [0.4, 0.5) is 0 Å². The molecule has 5 rings (SSSR count). The number of piperidine rings is 1. The topological polar surface area (TPSA) is 142 Å². The number of hydrogen-bond donors (Lipinski definition) is 0.